The zero-order chi connectivity index (χ0) is 12.6. The lowest BCUT2D eigenvalue weighted by Gasteiger charge is -2.21. The highest BCUT2D eigenvalue weighted by Crippen LogP contribution is 2.09. The van der Waals surface area contributed by atoms with Gasteiger partial charge in [-0.1, -0.05) is 12.8 Å². The SMILES string of the molecule is C#CCN(CC(=O)O)C(=O)C(C)CCCN. The molecule has 1 atom stereocenters. The molecule has 0 aliphatic carbocycles. The molecule has 0 heterocycles. The Balaban J connectivity index is 4.36. The monoisotopic (exact) mass is 226 g/mol. The van der Waals surface area contributed by atoms with Gasteiger partial charge in [-0.15, -0.1) is 6.42 Å². The molecule has 0 aromatic heterocycles. The minimum Gasteiger partial charge on any atom is -0.480 e. The molecule has 16 heavy (non-hydrogen) atoms. The van der Waals surface area contributed by atoms with Crippen molar-refractivity contribution in [3.63, 3.8) is 0 Å². The topological polar surface area (TPSA) is 83.6 Å². The van der Waals surface area contributed by atoms with E-state index in [1.165, 1.54) is 4.90 Å². The molecule has 0 bridgehead atoms. The molecule has 3 N–H and O–H groups in total. The number of rotatable bonds is 7. The molecule has 90 valence electrons. The highest BCUT2D eigenvalue weighted by molar-refractivity contribution is 5.83. The lowest BCUT2D eigenvalue weighted by Crippen LogP contribution is -2.39. The van der Waals surface area contributed by atoms with Gasteiger partial charge in [0.05, 0.1) is 6.54 Å². The number of amides is 1. The van der Waals surface area contributed by atoms with E-state index in [0.717, 1.165) is 6.42 Å². The van der Waals surface area contributed by atoms with Gasteiger partial charge in [-0.25, -0.2) is 0 Å². The van der Waals surface area contributed by atoms with Crippen molar-refractivity contribution in [2.75, 3.05) is 19.6 Å². The molecule has 0 saturated carbocycles. The first kappa shape index (κ1) is 14.5. The number of carboxylic acids is 1. The van der Waals surface area contributed by atoms with Crippen LogP contribution in [0.5, 0.6) is 0 Å². The zero-order valence-corrected chi connectivity index (χ0v) is 9.48. The molecular formula is C11H18N2O3. The third-order valence-corrected chi connectivity index (χ3v) is 2.18. The van der Waals surface area contributed by atoms with Crippen LogP contribution in [0.2, 0.25) is 0 Å². The van der Waals surface area contributed by atoms with E-state index in [-0.39, 0.29) is 24.9 Å². The molecule has 1 unspecified atom stereocenters. The molecule has 0 rings (SSSR count). The Morgan fingerprint density at radius 2 is 2.19 bits per heavy atom. The quantitative estimate of drug-likeness (QED) is 0.594. The van der Waals surface area contributed by atoms with Crippen molar-refractivity contribution < 1.29 is 14.7 Å². The number of carbonyl (C=O) groups excluding carboxylic acids is 1. The van der Waals surface area contributed by atoms with Crippen molar-refractivity contribution in [3.05, 3.63) is 0 Å². The zero-order valence-electron chi connectivity index (χ0n) is 9.48. The van der Waals surface area contributed by atoms with Gasteiger partial charge in [-0.3, -0.25) is 9.59 Å². The second kappa shape index (κ2) is 7.71. The van der Waals surface area contributed by atoms with Crippen LogP contribution >= 0.6 is 0 Å². The maximum atomic E-state index is 11.8. The number of hydrogen-bond acceptors (Lipinski definition) is 3. The largest absolute Gasteiger partial charge is 0.480 e. The maximum Gasteiger partial charge on any atom is 0.323 e. The van der Waals surface area contributed by atoms with Gasteiger partial charge in [0.2, 0.25) is 5.91 Å². The lowest BCUT2D eigenvalue weighted by atomic mass is 10.0. The Hall–Kier alpha value is -1.54. The Labute approximate surface area is 95.6 Å². The average Bonchev–Trinajstić information content (AvgIpc) is 2.23. The van der Waals surface area contributed by atoms with E-state index >= 15 is 0 Å². The first-order chi connectivity index (χ1) is 7.52. The predicted octanol–water partition coefficient (Wildman–Crippen LogP) is -0.0922. The van der Waals surface area contributed by atoms with Crippen LogP contribution in [-0.2, 0) is 9.59 Å². The van der Waals surface area contributed by atoms with Crippen LogP contribution in [0.25, 0.3) is 0 Å². The standard InChI is InChI=1S/C11H18N2O3/c1-3-7-13(8-10(14)15)11(16)9(2)5-4-6-12/h1,9H,4-8,12H2,2H3,(H,14,15). The van der Waals surface area contributed by atoms with Crippen LogP contribution in [0.3, 0.4) is 0 Å². The lowest BCUT2D eigenvalue weighted by molar-refractivity contribution is -0.145. The molecule has 0 aliphatic heterocycles. The normalized spacial score (nSPS) is 11.6. The molecule has 0 spiro atoms. The van der Waals surface area contributed by atoms with E-state index in [2.05, 4.69) is 5.92 Å². The Morgan fingerprint density at radius 1 is 1.56 bits per heavy atom. The summed E-state index contributed by atoms with van der Waals surface area (Å²) in [5.74, 6) is 0.754. The van der Waals surface area contributed by atoms with Crippen LogP contribution in [-0.4, -0.2) is 41.5 Å². The number of aliphatic carboxylic acids is 1. The van der Waals surface area contributed by atoms with Gasteiger partial charge in [0.25, 0.3) is 0 Å². The summed E-state index contributed by atoms with van der Waals surface area (Å²) in [7, 11) is 0. The molecule has 0 aromatic rings. The summed E-state index contributed by atoms with van der Waals surface area (Å²) in [4.78, 5) is 23.5. The van der Waals surface area contributed by atoms with Crippen molar-refractivity contribution in [3.8, 4) is 12.3 Å². The Bertz CT molecular complexity index is 283. The number of hydrogen-bond donors (Lipinski definition) is 2. The molecule has 0 saturated heterocycles. The van der Waals surface area contributed by atoms with Gasteiger partial charge in [0.1, 0.15) is 6.54 Å². The first-order valence-corrected chi connectivity index (χ1v) is 5.17. The molecule has 1 amide bonds. The van der Waals surface area contributed by atoms with Gasteiger partial charge in [-0.05, 0) is 19.4 Å². The first-order valence-electron chi connectivity index (χ1n) is 5.17. The molecule has 5 nitrogen and oxygen atoms in total. The van der Waals surface area contributed by atoms with Crippen LogP contribution < -0.4 is 5.73 Å². The van der Waals surface area contributed by atoms with Crippen molar-refractivity contribution in [1.82, 2.24) is 4.90 Å². The summed E-state index contributed by atoms with van der Waals surface area (Å²) in [6, 6.07) is 0. The van der Waals surface area contributed by atoms with Crippen molar-refractivity contribution >= 4 is 11.9 Å². The van der Waals surface area contributed by atoms with E-state index in [1.807, 2.05) is 0 Å². The van der Waals surface area contributed by atoms with Gasteiger partial charge < -0.3 is 15.7 Å². The molecule has 0 fully saturated rings. The predicted molar refractivity (Wildman–Crippen MR) is 60.5 cm³/mol. The molecule has 5 heteroatoms. The molecule has 0 aromatic carbocycles. The van der Waals surface area contributed by atoms with Gasteiger partial charge in [-0.2, -0.15) is 0 Å². The minimum absolute atomic E-state index is 0.0259. The third-order valence-electron chi connectivity index (χ3n) is 2.18. The van der Waals surface area contributed by atoms with Crippen LogP contribution in [0, 0.1) is 18.3 Å². The van der Waals surface area contributed by atoms with Crippen LogP contribution in [0.15, 0.2) is 0 Å². The Morgan fingerprint density at radius 3 is 2.62 bits per heavy atom. The van der Waals surface area contributed by atoms with Crippen LogP contribution in [0.1, 0.15) is 19.8 Å². The highest BCUT2D eigenvalue weighted by atomic mass is 16.4. The van der Waals surface area contributed by atoms with Crippen molar-refractivity contribution in [1.29, 1.82) is 0 Å². The van der Waals surface area contributed by atoms with E-state index in [4.69, 9.17) is 17.3 Å². The second-order valence-corrected chi connectivity index (χ2v) is 3.62. The fourth-order valence-corrected chi connectivity index (χ4v) is 1.34. The Kier molecular flexibility index (Phi) is 6.97. The maximum absolute atomic E-state index is 11.8. The average molecular weight is 226 g/mol. The highest BCUT2D eigenvalue weighted by Gasteiger charge is 2.21. The summed E-state index contributed by atoms with van der Waals surface area (Å²) in [6.45, 7) is 1.95. The number of nitrogens with zero attached hydrogens (tertiary/aromatic N) is 1. The summed E-state index contributed by atoms with van der Waals surface area (Å²) in [6.07, 6.45) is 6.48. The number of terminal acetylenes is 1. The summed E-state index contributed by atoms with van der Waals surface area (Å²) in [5, 5.41) is 8.63. The van der Waals surface area contributed by atoms with E-state index in [1.54, 1.807) is 6.92 Å². The molecular weight excluding hydrogens is 208 g/mol. The van der Waals surface area contributed by atoms with E-state index < -0.39 is 5.97 Å². The van der Waals surface area contributed by atoms with Gasteiger partial charge >= 0.3 is 5.97 Å². The smallest absolute Gasteiger partial charge is 0.323 e. The van der Waals surface area contributed by atoms with Gasteiger partial charge in [0.15, 0.2) is 0 Å². The number of nitrogens with two attached hydrogens (primary N) is 1. The molecule has 0 radical (unpaired) electrons. The van der Waals surface area contributed by atoms with Crippen molar-refractivity contribution in [2.24, 2.45) is 11.7 Å². The summed E-state index contributed by atoms with van der Waals surface area (Å²) in [5.41, 5.74) is 5.34. The molecule has 0 aliphatic rings. The second-order valence-electron chi connectivity index (χ2n) is 3.62. The minimum atomic E-state index is -1.06. The van der Waals surface area contributed by atoms with Gasteiger partial charge in [0, 0.05) is 5.92 Å². The van der Waals surface area contributed by atoms with E-state index in [9.17, 15) is 9.59 Å². The van der Waals surface area contributed by atoms with E-state index in [0.29, 0.717) is 13.0 Å². The van der Waals surface area contributed by atoms with Crippen molar-refractivity contribution in [2.45, 2.75) is 19.8 Å². The fourth-order valence-electron chi connectivity index (χ4n) is 1.34. The number of carbonyl (C=O) groups is 2. The summed E-state index contributed by atoms with van der Waals surface area (Å²) < 4.78 is 0. The van der Waals surface area contributed by atoms with Crippen LogP contribution in [0.4, 0.5) is 0 Å². The summed E-state index contributed by atoms with van der Waals surface area (Å²) >= 11 is 0. The third kappa shape index (κ3) is 5.37. The number of carboxylic acid groups (broad SMARTS) is 1. The fraction of sp³-hybridized carbons (Fsp3) is 0.636.